The molecule has 288 valence electrons. The number of likely N-dealkylation sites (N-methyl/N-ethyl adjacent to an activating group) is 1. The summed E-state index contributed by atoms with van der Waals surface area (Å²) in [5, 5.41) is 22.1. The molecule has 0 saturated heterocycles. The van der Waals surface area contributed by atoms with E-state index < -0.39 is 23.1 Å². The Balaban J connectivity index is 1.58. The number of carbonyl (C=O) groups is 2. The number of rotatable bonds is 23. The van der Waals surface area contributed by atoms with E-state index in [1.807, 2.05) is 60.9 Å². The van der Waals surface area contributed by atoms with E-state index in [1.165, 1.54) is 4.57 Å². The van der Waals surface area contributed by atoms with Crippen LogP contribution in [0.4, 0.5) is 5.69 Å². The Labute approximate surface area is 310 Å². The number of nitrogens with two attached hydrogens (primary N) is 2. The van der Waals surface area contributed by atoms with Crippen LogP contribution in [0.3, 0.4) is 0 Å². The van der Waals surface area contributed by atoms with Crippen LogP contribution in [0.1, 0.15) is 75.7 Å². The number of hydrogen-bond donors (Lipinski definition) is 5. The number of nitrogens with zero attached hydrogens (tertiary/aromatic N) is 5. The highest BCUT2D eigenvalue weighted by Gasteiger charge is 2.36. The van der Waals surface area contributed by atoms with E-state index in [0.29, 0.717) is 74.5 Å². The van der Waals surface area contributed by atoms with Crippen LogP contribution in [0.2, 0.25) is 0 Å². The summed E-state index contributed by atoms with van der Waals surface area (Å²) in [4.78, 5) is 59.7. The third-order valence-corrected chi connectivity index (χ3v) is 9.69. The van der Waals surface area contributed by atoms with Crippen LogP contribution in [0.15, 0.2) is 64.2 Å². The second kappa shape index (κ2) is 20.0. The van der Waals surface area contributed by atoms with Crippen LogP contribution in [0.25, 0.3) is 11.2 Å². The number of unbranched alkanes of at least 4 members (excludes halogenated alkanes) is 3. The van der Waals surface area contributed by atoms with Crippen LogP contribution in [-0.2, 0) is 42.1 Å². The standard InChI is InChI=1S/C39H56N8O6/c1-3-21-47-36(50)34-35(43-32(27-30-12-8-7-9-13-30)45(34)24-23-44(4-2)25-26-48)46(38(47)53)22-18-29-14-16-31(17-15-29)42-33(49)28-39(41,37(51)52)19-10-5-6-11-20-40/h7-9,12-17,48H,3-6,10-11,18-28,40-41H2,1-2H3,(H,42,49)(H,51,52). The third-order valence-electron chi connectivity index (χ3n) is 9.69. The molecule has 0 aliphatic carbocycles. The van der Waals surface area contributed by atoms with Crippen molar-refractivity contribution in [2.45, 2.75) is 96.8 Å². The highest BCUT2D eigenvalue weighted by Crippen LogP contribution is 2.21. The number of anilines is 1. The minimum Gasteiger partial charge on any atom is -0.480 e. The molecule has 0 radical (unpaired) electrons. The number of aliphatic carboxylic acids is 1. The zero-order valence-corrected chi connectivity index (χ0v) is 31.1. The predicted octanol–water partition coefficient (Wildman–Crippen LogP) is 2.94. The summed E-state index contributed by atoms with van der Waals surface area (Å²) < 4.78 is 4.82. The van der Waals surface area contributed by atoms with Crippen molar-refractivity contribution in [3.8, 4) is 0 Å². The van der Waals surface area contributed by atoms with Gasteiger partial charge in [-0.3, -0.25) is 28.4 Å². The largest absolute Gasteiger partial charge is 0.480 e. The Morgan fingerprint density at radius 3 is 2.25 bits per heavy atom. The zero-order valence-electron chi connectivity index (χ0n) is 31.1. The SMILES string of the molecule is CCCn1c(=O)c2c(nc(Cc3ccccc3)n2CCN(CC)CCO)n(CCc2ccc(NC(=O)CC(N)(CCCCCCN)C(=O)O)cc2)c1=O. The van der Waals surface area contributed by atoms with Crippen LogP contribution >= 0.6 is 0 Å². The number of nitrogens with one attached hydrogen (secondary N) is 1. The molecule has 1 atom stereocenters. The highest BCUT2D eigenvalue weighted by molar-refractivity contribution is 5.95. The van der Waals surface area contributed by atoms with E-state index in [-0.39, 0.29) is 38.1 Å². The number of aryl methyl sites for hydroxylation is 2. The number of carbonyl (C=O) groups excluding carboxylic acids is 1. The van der Waals surface area contributed by atoms with E-state index in [1.54, 1.807) is 16.7 Å². The molecule has 4 rings (SSSR count). The average Bonchev–Trinajstić information content (AvgIpc) is 3.50. The molecule has 2 heterocycles. The molecule has 0 aliphatic rings. The van der Waals surface area contributed by atoms with Gasteiger partial charge in [-0.05, 0) is 62.0 Å². The molecule has 1 unspecified atom stereocenters. The van der Waals surface area contributed by atoms with Gasteiger partial charge in [0.25, 0.3) is 5.56 Å². The fourth-order valence-electron chi connectivity index (χ4n) is 6.62. The smallest absolute Gasteiger partial charge is 0.332 e. The number of carboxylic acid groups (broad SMARTS) is 1. The van der Waals surface area contributed by atoms with Gasteiger partial charge in [0.15, 0.2) is 11.2 Å². The second-order valence-electron chi connectivity index (χ2n) is 13.6. The molecule has 14 nitrogen and oxygen atoms in total. The Morgan fingerprint density at radius 2 is 1.60 bits per heavy atom. The molecule has 14 heteroatoms. The third kappa shape index (κ3) is 10.9. The molecule has 0 fully saturated rings. The lowest BCUT2D eigenvalue weighted by atomic mass is 9.89. The molecule has 0 spiro atoms. The Hall–Kier alpha value is -4.63. The minimum atomic E-state index is -1.66. The van der Waals surface area contributed by atoms with E-state index >= 15 is 0 Å². The molecule has 4 aromatic rings. The summed E-state index contributed by atoms with van der Waals surface area (Å²) in [6.07, 6.45) is 4.48. The first-order valence-electron chi connectivity index (χ1n) is 18.8. The number of amides is 1. The normalized spacial score (nSPS) is 12.7. The van der Waals surface area contributed by atoms with Gasteiger partial charge in [0.05, 0.1) is 13.0 Å². The number of fused-ring (bicyclic) bond motifs is 1. The van der Waals surface area contributed by atoms with Crippen molar-refractivity contribution in [2.24, 2.45) is 11.5 Å². The molecular weight excluding hydrogens is 676 g/mol. The molecule has 0 saturated carbocycles. The molecule has 2 aromatic heterocycles. The minimum absolute atomic E-state index is 0.0287. The molecule has 0 bridgehead atoms. The number of carboxylic acids is 1. The van der Waals surface area contributed by atoms with Crippen molar-refractivity contribution in [3.05, 3.63) is 92.4 Å². The number of imidazole rings is 1. The lowest BCUT2D eigenvalue weighted by Gasteiger charge is -2.24. The Kier molecular flexibility index (Phi) is 15.5. The van der Waals surface area contributed by atoms with E-state index in [4.69, 9.17) is 16.5 Å². The summed E-state index contributed by atoms with van der Waals surface area (Å²) in [7, 11) is 0. The number of aliphatic hydroxyl groups is 1. The van der Waals surface area contributed by atoms with Gasteiger partial charge in [-0.15, -0.1) is 0 Å². The van der Waals surface area contributed by atoms with Crippen molar-refractivity contribution in [1.29, 1.82) is 0 Å². The van der Waals surface area contributed by atoms with Gasteiger partial charge < -0.3 is 31.6 Å². The quantitative estimate of drug-likeness (QED) is 0.0706. The molecule has 53 heavy (non-hydrogen) atoms. The first kappa shape index (κ1) is 41.1. The number of benzene rings is 2. The molecule has 0 aliphatic heterocycles. The van der Waals surface area contributed by atoms with Gasteiger partial charge in [-0.25, -0.2) is 9.78 Å². The van der Waals surface area contributed by atoms with Gasteiger partial charge >= 0.3 is 11.7 Å². The van der Waals surface area contributed by atoms with E-state index in [0.717, 1.165) is 36.9 Å². The van der Waals surface area contributed by atoms with Gasteiger partial charge in [0.1, 0.15) is 11.4 Å². The lowest BCUT2D eigenvalue weighted by Crippen LogP contribution is -2.50. The molecule has 2 aromatic carbocycles. The lowest BCUT2D eigenvalue weighted by molar-refractivity contribution is -0.145. The van der Waals surface area contributed by atoms with Gasteiger partial charge in [0, 0.05) is 44.8 Å². The summed E-state index contributed by atoms with van der Waals surface area (Å²) in [5.41, 5.74) is 12.4. The number of aliphatic hydroxyl groups excluding tert-OH is 1. The molecule has 7 N–H and O–H groups in total. The Bertz CT molecular complexity index is 1900. The number of aromatic nitrogens is 4. The maximum atomic E-state index is 14.0. The van der Waals surface area contributed by atoms with Crippen molar-refractivity contribution < 1.29 is 19.8 Å². The fraction of sp³-hybridized carbons (Fsp3) is 0.513. The van der Waals surface area contributed by atoms with Crippen molar-refractivity contribution in [2.75, 3.05) is 38.1 Å². The first-order chi connectivity index (χ1) is 25.5. The van der Waals surface area contributed by atoms with Crippen molar-refractivity contribution >= 4 is 28.7 Å². The predicted molar refractivity (Wildman–Crippen MR) is 207 cm³/mol. The second-order valence-corrected chi connectivity index (χ2v) is 13.6. The maximum absolute atomic E-state index is 14.0. The highest BCUT2D eigenvalue weighted by atomic mass is 16.4. The number of hydrogen-bond acceptors (Lipinski definition) is 9. The molecule has 1 amide bonds. The van der Waals surface area contributed by atoms with Crippen LogP contribution in [0, 0.1) is 0 Å². The first-order valence-corrected chi connectivity index (χ1v) is 18.8. The van der Waals surface area contributed by atoms with Crippen molar-refractivity contribution in [3.63, 3.8) is 0 Å². The van der Waals surface area contributed by atoms with Gasteiger partial charge in [-0.1, -0.05) is 75.6 Å². The van der Waals surface area contributed by atoms with Gasteiger partial charge in [-0.2, -0.15) is 0 Å². The average molecular weight is 733 g/mol. The van der Waals surface area contributed by atoms with Crippen LogP contribution in [0.5, 0.6) is 0 Å². The zero-order chi connectivity index (χ0) is 38.4. The summed E-state index contributed by atoms with van der Waals surface area (Å²) in [6.45, 7) is 7.40. The fourth-order valence-corrected chi connectivity index (χ4v) is 6.62. The van der Waals surface area contributed by atoms with Crippen molar-refractivity contribution in [1.82, 2.24) is 23.6 Å². The topological polar surface area (TPSA) is 204 Å². The maximum Gasteiger partial charge on any atom is 0.332 e. The van der Waals surface area contributed by atoms with Gasteiger partial charge in [0.2, 0.25) is 5.91 Å². The molecular formula is C39H56N8O6. The monoisotopic (exact) mass is 732 g/mol. The van der Waals surface area contributed by atoms with E-state index in [9.17, 15) is 29.4 Å². The summed E-state index contributed by atoms with van der Waals surface area (Å²) in [5.74, 6) is -1.02. The Morgan fingerprint density at radius 1 is 0.887 bits per heavy atom. The summed E-state index contributed by atoms with van der Waals surface area (Å²) in [6, 6.07) is 17.0. The van der Waals surface area contributed by atoms with Crippen LogP contribution in [-0.4, -0.2) is 84.0 Å². The van der Waals surface area contributed by atoms with Crippen LogP contribution < -0.4 is 28.0 Å². The summed E-state index contributed by atoms with van der Waals surface area (Å²) >= 11 is 0. The van der Waals surface area contributed by atoms with E-state index in [2.05, 4.69) is 10.2 Å².